The minimum atomic E-state index is -10.7. The zero-order valence-electron chi connectivity index (χ0n) is 24.6. The van der Waals surface area contributed by atoms with Gasteiger partial charge in [-0.15, -0.1) is 0 Å². The average Bonchev–Trinajstić information content (AvgIpc) is 2.97. The monoisotopic (exact) mass is 846 g/mol. The number of hydrogen-bond acceptors (Lipinski definition) is 0. The van der Waals surface area contributed by atoms with Crippen LogP contribution in [0.25, 0.3) is 0 Å². The van der Waals surface area contributed by atoms with E-state index in [0.29, 0.717) is 0 Å². The standard InChI is InChI=1S/2C13H13P.C8H12.F6P.Ir/c2*1-14(12-8-4-2-5-9-12)13-10-6-3-7-11-13;1-2-4-6-8-7-5-3-1;1-7(2,3,4,5)6;/h2*2-11H,1H3;1-2,7-8H,3-6H2;;/q;;;-1;/b;;2-1-,8-7?;;. The molecule has 4 aromatic carbocycles. The Labute approximate surface area is 273 Å². The van der Waals surface area contributed by atoms with Crippen LogP contribution in [-0.2, 0) is 20.1 Å². The van der Waals surface area contributed by atoms with Crippen molar-refractivity contribution < 1.29 is 45.3 Å². The second-order valence-electron chi connectivity index (χ2n) is 9.52. The maximum Gasteiger partial charge on any atom is 0 e. The van der Waals surface area contributed by atoms with Crippen molar-refractivity contribution in [2.45, 2.75) is 25.7 Å². The molecule has 0 spiro atoms. The first kappa shape index (κ1) is 39.9. The van der Waals surface area contributed by atoms with E-state index in [1.54, 1.807) is 0 Å². The van der Waals surface area contributed by atoms with Crippen molar-refractivity contribution in [2.75, 3.05) is 13.3 Å². The van der Waals surface area contributed by atoms with Crippen LogP contribution in [0, 0.1) is 0 Å². The second-order valence-corrected chi connectivity index (χ2v) is 15.7. The summed E-state index contributed by atoms with van der Waals surface area (Å²) in [5, 5.41) is 5.75. The molecular formula is C34H38F6IrP3-. The van der Waals surface area contributed by atoms with Gasteiger partial charge in [0.2, 0.25) is 0 Å². The Kier molecular flexibility index (Phi) is 17.0. The van der Waals surface area contributed by atoms with E-state index in [0.717, 1.165) is 0 Å². The predicted octanol–water partition coefficient (Wildman–Crippen LogP) is 11.6. The predicted molar refractivity (Wildman–Crippen MR) is 180 cm³/mol. The largest absolute Gasteiger partial charge is 0 e. The molecule has 1 aliphatic rings. The molecule has 0 N–H and O–H groups in total. The van der Waals surface area contributed by atoms with Gasteiger partial charge in [0.25, 0.3) is 0 Å². The number of benzene rings is 4. The Morgan fingerprint density at radius 1 is 0.386 bits per heavy atom. The Hall–Kier alpha value is -2.12. The van der Waals surface area contributed by atoms with Crippen molar-refractivity contribution in [3.8, 4) is 0 Å². The van der Waals surface area contributed by atoms with Gasteiger partial charge in [-0.25, -0.2) is 0 Å². The number of halogens is 6. The molecule has 0 bridgehead atoms. The van der Waals surface area contributed by atoms with Gasteiger partial charge in [-0.3, -0.25) is 0 Å². The summed E-state index contributed by atoms with van der Waals surface area (Å²) in [6.45, 7) is 4.61. The van der Waals surface area contributed by atoms with E-state index in [4.69, 9.17) is 0 Å². The van der Waals surface area contributed by atoms with Crippen LogP contribution in [0.5, 0.6) is 0 Å². The molecule has 0 fully saturated rings. The third-order valence-corrected chi connectivity index (χ3v) is 10.2. The summed E-state index contributed by atoms with van der Waals surface area (Å²) in [5.74, 6) is 0. The van der Waals surface area contributed by atoms with E-state index >= 15 is 0 Å². The molecule has 0 saturated heterocycles. The van der Waals surface area contributed by atoms with E-state index in [1.807, 2.05) is 0 Å². The average molecular weight is 846 g/mol. The van der Waals surface area contributed by atoms with Crippen LogP contribution in [-0.4, -0.2) is 13.3 Å². The summed E-state index contributed by atoms with van der Waals surface area (Å²) in [7, 11) is -11.0. The van der Waals surface area contributed by atoms with Gasteiger partial charge in [0.05, 0.1) is 0 Å². The summed E-state index contributed by atoms with van der Waals surface area (Å²) >= 11 is 0. The quantitative estimate of drug-likeness (QED) is 0.109. The molecule has 10 heteroatoms. The van der Waals surface area contributed by atoms with Crippen molar-refractivity contribution >= 4 is 44.9 Å². The first-order valence-corrected chi connectivity index (χ1v) is 19.4. The summed E-state index contributed by atoms with van der Waals surface area (Å²) in [6, 6.07) is 42.8. The van der Waals surface area contributed by atoms with Crippen LogP contribution < -0.4 is 21.2 Å². The van der Waals surface area contributed by atoms with Crippen molar-refractivity contribution in [1.82, 2.24) is 0 Å². The normalized spacial score (nSPS) is 14.7. The van der Waals surface area contributed by atoms with Gasteiger partial charge in [0, 0.05) is 20.1 Å². The van der Waals surface area contributed by atoms with Gasteiger partial charge in [0.15, 0.2) is 0 Å². The summed E-state index contributed by atoms with van der Waals surface area (Å²) in [6.07, 6.45) is 14.0. The van der Waals surface area contributed by atoms with Crippen LogP contribution in [0.2, 0.25) is 0 Å². The SMILES string of the molecule is C1=CCC/C=C\CC1.CP(c1ccccc1)c1ccccc1.CP(c1ccccc1)c1ccccc1.F[P-](F)(F)(F)(F)F.[Ir]. The van der Waals surface area contributed by atoms with E-state index in [-0.39, 0.29) is 35.9 Å². The fraction of sp³-hybridized carbons (Fsp3) is 0.176. The second kappa shape index (κ2) is 18.8. The Morgan fingerprint density at radius 2 is 0.545 bits per heavy atom. The van der Waals surface area contributed by atoms with Gasteiger partial charge >= 0.3 is 33.0 Å². The van der Waals surface area contributed by atoms with E-state index < -0.39 is 7.81 Å². The molecule has 0 aliphatic heterocycles. The minimum absolute atomic E-state index is 0. The third-order valence-electron chi connectivity index (χ3n) is 5.91. The van der Waals surface area contributed by atoms with Gasteiger partial charge in [-0.2, -0.15) is 0 Å². The number of hydrogen-bond donors (Lipinski definition) is 0. The molecule has 5 rings (SSSR count). The van der Waals surface area contributed by atoms with Gasteiger partial charge in [-0.05, 0) is 76.1 Å². The Morgan fingerprint density at radius 3 is 0.705 bits per heavy atom. The zero-order chi connectivity index (χ0) is 31.7. The molecule has 1 radical (unpaired) electrons. The molecule has 0 nitrogen and oxygen atoms in total. The van der Waals surface area contributed by atoms with Crippen LogP contribution in [0.15, 0.2) is 146 Å². The molecule has 0 unspecified atom stereocenters. The van der Waals surface area contributed by atoms with Crippen LogP contribution in [0.1, 0.15) is 25.7 Å². The van der Waals surface area contributed by atoms with Gasteiger partial charge in [-0.1, -0.05) is 146 Å². The van der Waals surface area contributed by atoms with Crippen LogP contribution in [0.3, 0.4) is 0 Å². The molecule has 44 heavy (non-hydrogen) atoms. The van der Waals surface area contributed by atoms with E-state index in [1.165, 1.54) is 46.9 Å². The fourth-order valence-electron chi connectivity index (χ4n) is 3.76. The topological polar surface area (TPSA) is 0 Å². The van der Waals surface area contributed by atoms with Crippen LogP contribution >= 0.6 is 23.7 Å². The first-order chi connectivity index (χ1) is 20.2. The summed E-state index contributed by atoms with van der Waals surface area (Å²) in [5.41, 5.74) is 0. The molecule has 0 amide bonds. The molecule has 0 atom stereocenters. The minimum Gasteiger partial charge on any atom is 0 e. The Bertz CT molecular complexity index is 1170. The zero-order valence-corrected chi connectivity index (χ0v) is 29.7. The first-order valence-electron chi connectivity index (χ1n) is 13.7. The number of allylic oxidation sites excluding steroid dienone is 4. The summed E-state index contributed by atoms with van der Waals surface area (Å²) < 4.78 is 59.2. The molecule has 0 saturated carbocycles. The van der Waals surface area contributed by atoms with Crippen molar-refractivity contribution in [3.63, 3.8) is 0 Å². The molecule has 241 valence electrons. The molecular weight excluding hydrogens is 808 g/mol. The van der Waals surface area contributed by atoms with Crippen molar-refractivity contribution in [3.05, 3.63) is 146 Å². The van der Waals surface area contributed by atoms with Gasteiger partial charge < -0.3 is 0 Å². The molecule has 4 aromatic rings. The molecule has 0 aromatic heterocycles. The maximum atomic E-state index is 9.87. The Balaban J connectivity index is 0.000000305. The summed E-state index contributed by atoms with van der Waals surface area (Å²) in [4.78, 5) is 0. The number of rotatable bonds is 4. The van der Waals surface area contributed by atoms with Gasteiger partial charge in [0.1, 0.15) is 0 Å². The fourth-order valence-corrected chi connectivity index (χ4v) is 6.83. The van der Waals surface area contributed by atoms with Crippen molar-refractivity contribution in [1.29, 1.82) is 0 Å². The van der Waals surface area contributed by atoms with E-state index in [2.05, 4.69) is 159 Å². The van der Waals surface area contributed by atoms with E-state index in [9.17, 15) is 25.2 Å². The molecule has 1 aliphatic carbocycles. The van der Waals surface area contributed by atoms with Crippen LogP contribution in [0.4, 0.5) is 25.2 Å². The molecule has 0 heterocycles. The third kappa shape index (κ3) is 20.8. The maximum absolute atomic E-state index is 10.7. The van der Waals surface area contributed by atoms with Crippen molar-refractivity contribution in [2.24, 2.45) is 0 Å². The smallest absolute Gasteiger partial charge is 0 e.